The Morgan fingerprint density at radius 1 is 1.04 bits per heavy atom. The van der Waals surface area contributed by atoms with E-state index in [2.05, 4.69) is 4.72 Å². The lowest BCUT2D eigenvalue weighted by Crippen LogP contribution is -2.48. The summed E-state index contributed by atoms with van der Waals surface area (Å²) in [5.74, 6) is -0.286. The van der Waals surface area contributed by atoms with Gasteiger partial charge >= 0.3 is 0 Å². The van der Waals surface area contributed by atoms with Crippen LogP contribution in [0.15, 0.2) is 65.6 Å². The number of nitrogens with two attached hydrogens (primary N) is 1. The summed E-state index contributed by atoms with van der Waals surface area (Å²) in [5.41, 5.74) is 6.73. The molecule has 0 aliphatic carbocycles. The molecule has 2 aromatic rings. The van der Waals surface area contributed by atoms with Crippen LogP contribution < -0.4 is 10.5 Å². The van der Waals surface area contributed by atoms with Crippen molar-refractivity contribution in [2.45, 2.75) is 24.3 Å². The van der Waals surface area contributed by atoms with E-state index in [4.69, 9.17) is 5.73 Å². The van der Waals surface area contributed by atoms with Crippen molar-refractivity contribution in [2.24, 2.45) is 5.73 Å². The van der Waals surface area contributed by atoms with Gasteiger partial charge in [-0.15, -0.1) is 0 Å². The van der Waals surface area contributed by atoms with Crippen LogP contribution in [0.25, 0.3) is 0 Å². The normalized spacial score (nSPS) is 12.5. The first kappa shape index (κ1) is 20.1. The first-order chi connectivity index (χ1) is 12.4. The van der Waals surface area contributed by atoms with Crippen molar-refractivity contribution >= 4 is 15.9 Å². The number of carbonyl (C=O) groups excluding carboxylic acids is 1. The molecular formula is C19H25N3O3S. The average molecular weight is 375 g/mol. The highest BCUT2D eigenvalue weighted by molar-refractivity contribution is 7.89. The maximum Gasteiger partial charge on any atom is 0.241 e. The lowest BCUT2D eigenvalue weighted by Gasteiger charge is -2.26. The van der Waals surface area contributed by atoms with Crippen LogP contribution in [0, 0.1) is 0 Å². The Hall–Kier alpha value is -2.22. The van der Waals surface area contributed by atoms with Crippen molar-refractivity contribution in [3.05, 3.63) is 66.2 Å². The van der Waals surface area contributed by atoms with E-state index in [1.165, 1.54) is 12.1 Å². The molecule has 0 spiro atoms. The molecule has 0 aliphatic heterocycles. The Labute approximate surface area is 155 Å². The zero-order valence-electron chi connectivity index (χ0n) is 14.8. The standard InChI is InChI=1S/C19H25N3O3S/c1-16(21-26(24,25)18-10-6-3-7-11-18)19(23)22(15-13-20)14-12-17-8-4-2-5-9-17/h2-11,16,21H,12-15,20H2,1H3. The van der Waals surface area contributed by atoms with E-state index in [0.717, 1.165) is 5.56 Å². The van der Waals surface area contributed by atoms with Gasteiger partial charge in [0.05, 0.1) is 10.9 Å². The van der Waals surface area contributed by atoms with Gasteiger partial charge in [-0.1, -0.05) is 48.5 Å². The van der Waals surface area contributed by atoms with Gasteiger partial charge in [-0.05, 0) is 31.0 Å². The topological polar surface area (TPSA) is 92.5 Å². The first-order valence-corrected chi connectivity index (χ1v) is 10.0. The molecule has 2 aromatic carbocycles. The van der Waals surface area contributed by atoms with Crippen molar-refractivity contribution in [1.29, 1.82) is 0 Å². The van der Waals surface area contributed by atoms with Gasteiger partial charge < -0.3 is 10.6 Å². The molecule has 1 atom stereocenters. The van der Waals surface area contributed by atoms with E-state index in [1.54, 1.807) is 30.0 Å². The Bertz CT molecular complexity index is 795. The lowest BCUT2D eigenvalue weighted by molar-refractivity contribution is -0.132. The minimum atomic E-state index is -3.75. The van der Waals surface area contributed by atoms with Gasteiger partial charge in [0.2, 0.25) is 15.9 Å². The average Bonchev–Trinajstić information content (AvgIpc) is 2.65. The third-order valence-electron chi connectivity index (χ3n) is 3.98. The zero-order valence-corrected chi connectivity index (χ0v) is 15.7. The number of nitrogens with zero attached hydrogens (tertiary/aromatic N) is 1. The second kappa shape index (κ2) is 9.47. The second-order valence-corrected chi connectivity index (χ2v) is 7.72. The van der Waals surface area contributed by atoms with Gasteiger partial charge in [0.1, 0.15) is 0 Å². The van der Waals surface area contributed by atoms with E-state index in [0.29, 0.717) is 26.1 Å². The summed E-state index contributed by atoms with van der Waals surface area (Å²) in [6.45, 7) is 2.73. The highest BCUT2D eigenvalue weighted by atomic mass is 32.2. The van der Waals surface area contributed by atoms with Crippen molar-refractivity contribution in [1.82, 2.24) is 9.62 Å². The molecule has 0 heterocycles. The number of amides is 1. The van der Waals surface area contributed by atoms with E-state index < -0.39 is 16.1 Å². The van der Waals surface area contributed by atoms with Crippen LogP contribution in [0.2, 0.25) is 0 Å². The molecule has 0 fully saturated rings. The summed E-state index contributed by atoms with van der Waals surface area (Å²) in [7, 11) is -3.75. The molecule has 140 valence electrons. The van der Waals surface area contributed by atoms with Crippen molar-refractivity contribution in [3.8, 4) is 0 Å². The van der Waals surface area contributed by atoms with Gasteiger partial charge in [-0.2, -0.15) is 4.72 Å². The molecule has 0 saturated heterocycles. The number of hydrogen-bond acceptors (Lipinski definition) is 4. The van der Waals surface area contributed by atoms with Crippen LogP contribution in [-0.2, 0) is 21.2 Å². The largest absolute Gasteiger partial charge is 0.340 e. The van der Waals surface area contributed by atoms with Crippen molar-refractivity contribution < 1.29 is 13.2 Å². The van der Waals surface area contributed by atoms with E-state index >= 15 is 0 Å². The quantitative estimate of drug-likeness (QED) is 0.693. The van der Waals surface area contributed by atoms with Crippen LogP contribution in [0.1, 0.15) is 12.5 Å². The fourth-order valence-electron chi connectivity index (χ4n) is 2.62. The molecule has 0 aliphatic rings. The summed E-state index contributed by atoms with van der Waals surface area (Å²) in [6, 6.07) is 16.9. The lowest BCUT2D eigenvalue weighted by atomic mass is 10.1. The molecule has 0 aromatic heterocycles. The summed E-state index contributed by atoms with van der Waals surface area (Å²) >= 11 is 0. The van der Waals surface area contributed by atoms with Gasteiger partial charge in [0.25, 0.3) is 0 Å². The van der Waals surface area contributed by atoms with Gasteiger partial charge in [-0.25, -0.2) is 8.42 Å². The molecule has 1 amide bonds. The third kappa shape index (κ3) is 5.66. The van der Waals surface area contributed by atoms with Gasteiger partial charge in [0, 0.05) is 19.6 Å². The molecule has 26 heavy (non-hydrogen) atoms. The van der Waals surface area contributed by atoms with Crippen LogP contribution >= 0.6 is 0 Å². The fraction of sp³-hybridized carbons (Fsp3) is 0.316. The van der Waals surface area contributed by atoms with E-state index in [-0.39, 0.29) is 10.8 Å². The third-order valence-corrected chi connectivity index (χ3v) is 5.54. The number of benzene rings is 2. The number of rotatable bonds is 9. The Kier molecular flexibility index (Phi) is 7.32. The molecule has 0 radical (unpaired) electrons. The van der Waals surface area contributed by atoms with Crippen molar-refractivity contribution in [2.75, 3.05) is 19.6 Å². The predicted octanol–water partition coefficient (Wildman–Crippen LogP) is 1.38. The molecular weight excluding hydrogens is 350 g/mol. The highest BCUT2D eigenvalue weighted by Gasteiger charge is 2.25. The Morgan fingerprint density at radius 2 is 1.62 bits per heavy atom. The molecule has 0 bridgehead atoms. The summed E-state index contributed by atoms with van der Waals surface area (Å²) < 4.78 is 27.3. The number of sulfonamides is 1. The SMILES string of the molecule is CC(NS(=O)(=O)c1ccccc1)C(=O)N(CCN)CCc1ccccc1. The number of hydrogen-bond donors (Lipinski definition) is 2. The summed E-state index contributed by atoms with van der Waals surface area (Å²) in [5, 5.41) is 0. The Morgan fingerprint density at radius 3 is 2.19 bits per heavy atom. The van der Waals surface area contributed by atoms with Crippen LogP contribution in [-0.4, -0.2) is 44.9 Å². The summed E-state index contributed by atoms with van der Waals surface area (Å²) in [4.78, 5) is 14.4. The number of nitrogens with one attached hydrogen (secondary N) is 1. The molecule has 2 rings (SSSR count). The molecule has 7 heteroatoms. The van der Waals surface area contributed by atoms with Gasteiger partial charge in [0.15, 0.2) is 0 Å². The van der Waals surface area contributed by atoms with E-state index in [1.807, 2.05) is 30.3 Å². The second-order valence-electron chi connectivity index (χ2n) is 6.01. The molecule has 6 nitrogen and oxygen atoms in total. The van der Waals surface area contributed by atoms with Gasteiger partial charge in [-0.3, -0.25) is 4.79 Å². The molecule has 3 N–H and O–H groups in total. The first-order valence-electron chi connectivity index (χ1n) is 8.54. The predicted molar refractivity (Wildman–Crippen MR) is 102 cm³/mol. The smallest absolute Gasteiger partial charge is 0.241 e. The van der Waals surface area contributed by atoms with E-state index in [9.17, 15) is 13.2 Å². The van der Waals surface area contributed by atoms with Crippen LogP contribution in [0.3, 0.4) is 0 Å². The van der Waals surface area contributed by atoms with Crippen molar-refractivity contribution in [3.63, 3.8) is 0 Å². The van der Waals surface area contributed by atoms with Crippen LogP contribution in [0.5, 0.6) is 0 Å². The minimum Gasteiger partial charge on any atom is -0.340 e. The summed E-state index contributed by atoms with van der Waals surface area (Å²) in [6.07, 6.45) is 0.685. The monoisotopic (exact) mass is 375 g/mol. The maximum absolute atomic E-state index is 12.7. The molecule has 0 saturated carbocycles. The fourth-order valence-corrected chi connectivity index (χ4v) is 3.84. The maximum atomic E-state index is 12.7. The Balaban J connectivity index is 2.02. The highest BCUT2D eigenvalue weighted by Crippen LogP contribution is 2.09. The minimum absolute atomic E-state index is 0.134. The molecule has 1 unspecified atom stereocenters. The zero-order chi connectivity index (χ0) is 19.0. The van der Waals surface area contributed by atoms with Crippen LogP contribution in [0.4, 0.5) is 0 Å². The number of carbonyl (C=O) groups is 1.